The number of halogens is 2. The Balaban J connectivity index is 1.52. The lowest BCUT2D eigenvalue weighted by Gasteiger charge is -2.18. The standard InChI is InChI=1S/C22H24F2N4O/c1-14-4-5-17(12-20(14)24)15(2)27-22(25-3)26-11-10-19-13-29-21(28-19)16-6-8-18(23)9-7-16/h4-9,12-13,15H,10-11H2,1-3H3,(H2,25,26,27). The minimum atomic E-state index is -0.300. The highest BCUT2D eigenvalue weighted by molar-refractivity contribution is 5.80. The van der Waals surface area contributed by atoms with Crippen LogP contribution in [-0.2, 0) is 6.42 Å². The van der Waals surface area contributed by atoms with Gasteiger partial charge in [-0.2, -0.15) is 0 Å². The first-order valence-corrected chi connectivity index (χ1v) is 9.40. The highest BCUT2D eigenvalue weighted by Gasteiger charge is 2.11. The molecular formula is C22H24F2N4O. The molecule has 1 atom stereocenters. The Morgan fingerprint density at radius 2 is 1.93 bits per heavy atom. The third kappa shape index (κ3) is 5.40. The lowest BCUT2D eigenvalue weighted by molar-refractivity contribution is 0.571. The quantitative estimate of drug-likeness (QED) is 0.477. The van der Waals surface area contributed by atoms with Crippen LogP contribution in [0.15, 0.2) is 58.1 Å². The molecule has 5 nitrogen and oxygen atoms in total. The van der Waals surface area contributed by atoms with E-state index in [-0.39, 0.29) is 17.7 Å². The Labute approximate surface area is 168 Å². The van der Waals surface area contributed by atoms with Crippen LogP contribution in [0.25, 0.3) is 11.5 Å². The summed E-state index contributed by atoms with van der Waals surface area (Å²) in [5.74, 6) is 0.548. The molecule has 0 aliphatic carbocycles. The first-order valence-electron chi connectivity index (χ1n) is 9.40. The zero-order chi connectivity index (χ0) is 20.8. The molecule has 0 saturated carbocycles. The summed E-state index contributed by atoms with van der Waals surface area (Å²) in [5, 5.41) is 6.46. The van der Waals surface area contributed by atoms with E-state index in [0.717, 1.165) is 16.8 Å². The topological polar surface area (TPSA) is 62.5 Å². The second-order valence-electron chi connectivity index (χ2n) is 6.77. The number of nitrogens with zero attached hydrogens (tertiary/aromatic N) is 2. The minimum absolute atomic E-state index is 0.103. The summed E-state index contributed by atoms with van der Waals surface area (Å²) in [5.41, 5.74) is 2.97. The predicted molar refractivity (Wildman–Crippen MR) is 110 cm³/mol. The van der Waals surface area contributed by atoms with Gasteiger partial charge in [-0.25, -0.2) is 13.8 Å². The van der Waals surface area contributed by atoms with Crippen LogP contribution in [0.5, 0.6) is 0 Å². The molecule has 2 aromatic carbocycles. The van der Waals surface area contributed by atoms with Crippen LogP contribution in [-0.4, -0.2) is 24.5 Å². The zero-order valence-electron chi connectivity index (χ0n) is 16.7. The number of nitrogens with one attached hydrogen (secondary N) is 2. The number of rotatable bonds is 6. The maximum absolute atomic E-state index is 13.8. The summed E-state index contributed by atoms with van der Waals surface area (Å²) < 4.78 is 32.3. The summed E-state index contributed by atoms with van der Waals surface area (Å²) in [6, 6.07) is 11.1. The van der Waals surface area contributed by atoms with E-state index in [9.17, 15) is 8.78 Å². The molecular weight excluding hydrogens is 374 g/mol. The molecule has 2 N–H and O–H groups in total. The van der Waals surface area contributed by atoms with Gasteiger partial charge in [-0.3, -0.25) is 4.99 Å². The molecule has 0 saturated heterocycles. The molecule has 0 bridgehead atoms. The van der Waals surface area contributed by atoms with E-state index in [1.165, 1.54) is 18.2 Å². The molecule has 0 amide bonds. The number of hydrogen-bond acceptors (Lipinski definition) is 3. The van der Waals surface area contributed by atoms with E-state index in [1.54, 1.807) is 38.4 Å². The van der Waals surface area contributed by atoms with Crippen LogP contribution < -0.4 is 10.6 Å². The average Bonchev–Trinajstić information content (AvgIpc) is 3.18. The van der Waals surface area contributed by atoms with Gasteiger partial charge in [0, 0.05) is 25.6 Å². The lowest BCUT2D eigenvalue weighted by Crippen LogP contribution is -2.39. The number of benzene rings is 2. The summed E-state index contributed by atoms with van der Waals surface area (Å²) in [4.78, 5) is 8.64. The molecule has 1 aromatic heterocycles. The molecule has 29 heavy (non-hydrogen) atoms. The SMILES string of the molecule is CN=C(NCCc1coc(-c2ccc(F)cc2)n1)NC(C)c1ccc(C)c(F)c1. The van der Waals surface area contributed by atoms with Crippen molar-refractivity contribution in [2.24, 2.45) is 4.99 Å². The van der Waals surface area contributed by atoms with E-state index in [2.05, 4.69) is 20.6 Å². The molecule has 3 rings (SSSR count). The fraction of sp³-hybridized carbons (Fsp3) is 0.273. The molecule has 0 spiro atoms. The molecule has 152 valence electrons. The van der Waals surface area contributed by atoms with Crippen molar-refractivity contribution in [3.63, 3.8) is 0 Å². The highest BCUT2D eigenvalue weighted by atomic mass is 19.1. The van der Waals surface area contributed by atoms with E-state index in [4.69, 9.17) is 4.42 Å². The van der Waals surface area contributed by atoms with Crippen LogP contribution in [0.3, 0.4) is 0 Å². The Morgan fingerprint density at radius 1 is 1.17 bits per heavy atom. The number of hydrogen-bond donors (Lipinski definition) is 2. The molecule has 3 aromatic rings. The number of aliphatic imine (C=N–C) groups is 1. The van der Waals surface area contributed by atoms with Crippen LogP contribution in [0.4, 0.5) is 8.78 Å². The van der Waals surface area contributed by atoms with Gasteiger partial charge in [-0.15, -0.1) is 0 Å². The van der Waals surface area contributed by atoms with Gasteiger partial charge >= 0.3 is 0 Å². The maximum Gasteiger partial charge on any atom is 0.226 e. The van der Waals surface area contributed by atoms with Crippen molar-refractivity contribution in [2.75, 3.05) is 13.6 Å². The van der Waals surface area contributed by atoms with Crippen molar-refractivity contribution in [1.82, 2.24) is 15.6 Å². The van der Waals surface area contributed by atoms with Crippen molar-refractivity contribution in [3.8, 4) is 11.5 Å². The summed E-state index contributed by atoms with van der Waals surface area (Å²) >= 11 is 0. The monoisotopic (exact) mass is 398 g/mol. The highest BCUT2D eigenvalue weighted by Crippen LogP contribution is 2.19. The molecule has 0 fully saturated rings. The largest absolute Gasteiger partial charge is 0.444 e. The first kappa shape index (κ1) is 20.5. The van der Waals surface area contributed by atoms with Crippen molar-refractivity contribution in [2.45, 2.75) is 26.3 Å². The van der Waals surface area contributed by atoms with Gasteiger partial charge in [0.15, 0.2) is 5.96 Å². The molecule has 7 heteroatoms. The second kappa shape index (κ2) is 9.32. The van der Waals surface area contributed by atoms with E-state index in [1.807, 2.05) is 13.0 Å². The van der Waals surface area contributed by atoms with Crippen LogP contribution >= 0.6 is 0 Å². The number of aryl methyl sites for hydroxylation is 1. The molecule has 0 aliphatic rings. The Hall–Kier alpha value is -3.22. The van der Waals surface area contributed by atoms with Crippen molar-refractivity contribution in [3.05, 3.63) is 77.2 Å². The van der Waals surface area contributed by atoms with Gasteiger partial charge in [-0.1, -0.05) is 12.1 Å². The van der Waals surface area contributed by atoms with Crippen LogP contribution in [0.2, 0.25) is 0 Å². The van der Waals surface area contributed by atoms with Gasteiger partial charge in [-0.05, 0) is 55.3 Å². The van der Waals surface area contributed by atoms with Gasteiger partial charge in [0.2, 0.25) is 5.89 Å². The third-order valence-corrected chi connectivity index (χ3v) is 4.59. The smallest absolute Gasteiger partial charge is 0.226 e. The first-order chi connectivity index (χ1) is 14.0. The molecule has 1 unspecified atom stereocenters. The predicted octanol–water partition coefficient (Wildman–Crippen LogP) is 4.40. The number of guanidine groups is 1. The second-order valence-corrected chi connectivity index (χ2v) is 6.77. The fourth-order valence-corrected chi connectivity index (χ4v) is 2.82. The summed E-state index contributed by atoms with van der Waals surface area (Å²) in [6.45, 7) is 4.27. The average molecular weight is 398 g/mol. The fourth-order valence-electron chi connectivity index (χ4n) is 2.82. The molecule has 0 aliphatic heterocycles. The maximum atomic E-state index is 13.8. The number of oxazole rings is 1. The summed E-state index contributed by atoms with van der Waals surface area (Å²) in [6.07, 6.45) is 2.22. The normalized spacial score (nSPS) is 12.7. The van der Waals surface area contributed by atoms with Crippen LogP contribution in [0.1, 0.15) is 29.8 Å². The molecule has 0 radical (unpaired) electrons. The van der Waals surface area contributed by atoms with E-state index >= 15 is 0 Å². The van der Waals surface area contributed by atoms with E-state index in [0.29, 0.717) is 30.4 Å². The lowest BCUT2D eigenvalue weighted by atomic mass is 10.1. The Morgan fingerprint density at radius 3 is 2.62 bits per heavy atom. The Bertz CT molecular complexity index is 983. The van der Waals surface area contributed by atoms with E-state index < -0.39 is 0 Å². The minimum Gasteiger partial charge on any atom is -0.444 e. The van der Waals surface area contributed by atoms with Crippen molar-refractivity contribution in [1.29, 1.82) is 0 Å². The number of aromatic nitrogens is 1. The molecule has 1 heterocycles. The van der Waals surface area contributed by atoms with Gasteiger partial charge in [0.05, 0.1) is 11.7 Å². The Kier molecular flexibility index (Phi) is 6.59. The van der Waals surface area contributed by atoms with Gasteiger partial charge < -0.3 is 15.1 Å². The zero-order valence-corrected chi connectivity index (χ0v) is 16.7. The van der Waals surface area contributed by atoms with Crippen molar-refractivity contribution < 1.29 is 13.2 Å². The summed E-state index contributed by atoms with van der Waals surface area (Å²) in [7, 11) is 1.68. The van der Waals surface area contributed by atoms with Gasteiger partial charge in [0.1, 0.15) is 17.9 Å². The van der Waals surface area contributed by atoms with Crippen molar-refractivity contribution >= 4 is 5.96 Å². The van der Waals surface area contributed by atoms with Crippen LogP contribution in [0, 0.1) is 18.6 Å². The third-order valence-electron chi connectivity index (χ3n) is 4.59. The van der Waals surface area contributed by atoms with Gasteiger partial charge in [0.25, 0.3) is 0 Å².